The first-order valence-electron chi connectivity index (χ1n) is 12.2. The van der Waals surface area contributed by atoms with E-state index in [1.165, 1.54) is 13.3 Å². The second-order valence-corrected chi connectivity index (χ2v) is 9.09. The minimum atomic E-state index is -0.547. The molecule has 1 aromatic heterocycles. The Bertz CT molecular complexity index is 1710. The monoisotopic (exact) mass is 553 g/mol. The van der Waals surface area contributed by atoms with E-state index in [2.05, 4.69) is 15.5 Å². The number of H-pyrrole nitrogens is 1. The van der Waals surface area contributed by atoms with Crippen molar-refractivity contribution in [2.75, 3.05) is 14.2 Å². The van der Waals surface area contributed by atoms with Crippen LogP contribution >= 0.6 is 11.6 Å². The van der Waals surface area contributed by atoms with E-state index in [1.807, 2.05) is 48.5 Å². The number of methoxy groups -OCH3 is 2. The molecule has 0 saturated carbocycles. The Hall–Kier alpha value is -5.08. The smallest absolute Gasteiger partial charge is 0.343 e. The van der Waals surface area contributed by atoms with Crippen molar-refractivity contribution in [3.8, 4) is 28.4 Å². The van der Waals surface area contributed by atoms with Gasteiger partial charge in [-0.15, -0.1) is 0 Å². The molecule has 9 heteroatoms. The first-order valence-corrected chi connectivity index (χ1v) is 12.6. The van der Waals surface area contributed by atoms with Gasteiger partial charge >= 0.3 is 5.97 Å². The number of aromatic nitrogens is 1. The van der Waals surface area contributed by atoms with Gasteiger partial charge in [-0.25, -0.2) is 10.2 Å². The van der Waals surface area contributed by atoms with Crippen LogP contribution in [0.1, 0.15) is 26.4 Å². The van der Waals surface area contributed by atoms with E-state index in [0.717, 1.165) is 22.0 Å². The van der Waals surface area contributed by atoms with Crippen molar-refractivity contribution in [1.82, 2.24) is 10.4 Å². The maximum Gasteiger partial charge on any atom is 0.343 e. The molecule has 0 radical (unpaired) electrons. The van der Waals surface area contributed by atoms with E-state index in [9.17, 15) is 9.59 Å². The molecule has 0 aliphatic heterocycles. The molecule has 5 rings (SSSR count). The molecular formula is C31H24ClN3O5. The molecule has 0 spiro atoms. The van der Waals surface area contributed by atoms with Crippen LogP contribution in [0.3, 0.4) is 0 Å². The molecule has 0 bridgehead atoms. The number of carbonyl (C=O) groups excluding carboxylic acids is 2. The number of hydrogen-bond acceptors (Lipinski definition) is 6. The van der Waals surface area contributed by atoms with Gasteiger partial charge < -0.3 is 19.2 Å². The molecule has 0 unspecified atom stereocenters. The van der Waals surface area contributed by atoms with Gasteiger partial charge in [0.25, 0.3) is 5.91 Å². The van der Waals surface area contributed by atoms with E-state index in [0.29, 0.717) is 33.3 Å². The van der Waals surface area contributed by atoms with Gasteiger partial charge in [0.15, 0.2) is 11.5 Å². The van der Waals surface area contributed by atoms with Crippen molar-refractivity contribution in [3.63, 3.8) is 0 Å². The highest BCUT2D eigenvalue weighted by Crippen LogP contribution is 2.34. The fourth-order valence-electron chi connectivity index (χ4n) is 4.19. The summed E-state index contributed by atoms with van der Waals surface area (Å²) < 4.78 is 16.3. The van der Waals surface area contributed by atoms with Crippen molar-refractivity contribution in [2.24, 2.45) is 5.10 Å². The van der Waals surface area contributed by atoms with Gasteiger partial charge in [-0.2, -0.15) is 5.10 Å². The van der Waals surface area contributed by atoms with E-state index < -0.39 is 11.9 Å². The summed E-state index contributed by atoms with van der Waals surface area (Å²) in [6.07, 6.45) is 1.47. The van der Waals surface area contributed by atoms with Gasteiger partial charge in [0.05, 0.1) is 26.0 Å². The lowest BCUT2D eigenvalue weighted by atomic mass is 10.0. The van der Waals surface area contributed by atoms with E-state index >= 15 is 0 Å². The maximum absolute atomic E-state index is 13.2. The average Bonchev–Trinajstić information content (AvgIpc) is 3.37. The molecule has 0 aliphatic rings. The second kappa shape index (κ2) is 11.8. The van der Waals surface area contributed by atoms with Crippen LogP contribution in [0.25, 0.3) is 22.0 Å². The van der Waals surface area contributed by atoms with Gasteiger partial charge in [0.1, 0.15) is 11.4 Å². The fraction of sp³-hybridized carbons (Fsp3) is 0.0645. The molecule has 0 aliphatic carbocycles. The molecule has 1 amide bonds. The third-order valence-electron chi connectivity index (χ3n) is 6.15. The Morgan fingerprint density at radius 1 is 0.875 bits per heavy atom. The maximum atomic E-state index is 13.2. The number of benzene rings is 4. The number of hydrogen-bond donors (Lipinski definition) is 2. The number of halogens is 1. The number of esters is 1. The number of fused-ring (bicyclic) bond motifs is 1. The Morgan fingerprint density at radius 3 is 2.38 bits per heavy atom. The van der Waals surface area contributed by atoms with E-state index in [4.69, 9.17) is 25.8 Å². The average molecular weight is 554 g/mol. The number of nitrogens with zero attached hydrogens (tertiary/aromatic N) is 1. The lowest BCUT2D eigenvalue weighted by Crippen LogP contribution is -2.18. The molecule has 1 heterocycles. The van der Waals surface area contributed by atoms with Crippen LogP contribution in [-0.2, 0) is 0 Å². The highest BCUT2D eigenvalue weighted by Gasteiger charge is 2.20. The number of aromatic amines is 1. The summed E-state index contributed by atoms with van der Waals surface area (Å²) in [5.41, 5.74) is 6.35. The topological polar surface area (TPSA) is 102 Å². The summed E-state index contributed by atoms with van der Waals surface area (Å²) in [6.45, 7) is 0. The largest absolute Gasteiger partial charge is 0.497 e. The van der Waals surface area contributed by atoms with E-state index in [1.54, 1.807) is 49.6 Å². The van der Waals surface area contributed by atoms with Gasteiger partial charge in [-0.1, -0.05) is 41.9 Å². The lowest BCUT2D eigenvalue weighted by Gasteiger charge is -2.10. The van der Waals surface area contributed by atoms with Crippen LogP contribution in [0, 0.1) is 0 Å². The van der Waals surface area contributed by atoms with Crippen molar-refractivity contribution in [1.29, 1.82) is 0 Å². The van der Waals surface area contributed by atoms with Gasteiger partial charge in [0, 0.05) is 21.5 Å². The third kappa shape index (κ3) is 5.67. The molecule has 0 fully saturated rings. The highest BCUT2D eigenvalue weighted by molar-refractivity contribution is 6.30. The van der Waals surface area contributed by atoms with Crippen molar-refractivity contribution in [2.45, 2.75) is 0 Å². The van der Waals surface area contributed by atoms with Crippen LogP contribution in [-0.4, -0.2) is 37.3 Å². The minimum Gasteiger partial charge on any atom is -0.497 e. The zero-order valence-electron chi connectivity index (χ0n) is 21.6. The SMILES string of the molecule is COc1ccc2[nH]c(C(=O)NN=Cc3ccc(OC(=O)c4ccc(Cl)cc4)c(OC)c3)c(-c3ccccc3)c2c1. The molecule has 2 N–H and O–H groups in total. The molecular weight excluding hydrogens is 530 g/mol. The normalized spacial score (nSPS) is 11.0. The standard InChI is InChI=1S/C31H24ClN3O5/c1-38-23-13-14-25-24(17-23)28(20-6-4-3-5-7-20)29(34-25)30(36)35-33-18-19-8-15-26(27(16-19)39-2)40-31(37)21-9-11-22(32)12-10-21/h3-18,34H,1-2H3,(H,35,36). The zero-order chi connectivity index (χ0) is 28.1. The number of ether oxygens (including phenoxy) is 3. The predicted molar refractivity (Wildman–Crippen MR) is 155 cm³/mol. The van der Waals surface area contributed by atoms with E-state index in [-0.39, 0.29) is 5.75 Å². The minimum absolute atomic E-state index is 0.240. The van der Waals surface area contributed by atoms with Crippen LogP contribution in [0.15, 0.2) is 96.1 Å². The Morgan fingerprint density at radius 2 is 1.65 bits per heavy atom. The number of carbonyl (C=O) groups is 2. The van der Waals surface area contributed by atoms with Crippen molar-refractivity contribution >= 4 is 40.6 Å². The first-order chi connectivity index (χ1) is 19.5. The van der Waals surface area contributed by atoms with Crippen LogP contribution < -0.4 is 19.6 Å². The molecule has 0 atom stereocenters. The number of nitrogens with one attached hydrogen (secondary N) is 2. The number of rotatable bonds is 8. The summed E-state index contributed by atoms with van der Waals surface area (Å²) in [5.74, 6) is 0.294. The highest BCUT2D eigenvalue weighted by atomic mass is 35.5. The summed E-state index contributed by atoms with van der Waals surface area (Å²) in [7, 11) is 3.07. The molecule has 0 saturated heterocycles. The molecule has 200 valence electrons. The van der Waals surface area contributed by atoms with Crippen LogP contribution in [0.4, 0.5) is 0 Å². The summed E-state index contributed by atoms with van der Waals surface area (Å²) in [6, 6.07) is 26.5. The second-order valence-electron chi connectivity index (χ2n) is 8.66. The summed E-state index contributed by atoms with van der Waals surface area (Å²) in [5, 5.41) is 5.51. The lowest BCUT2D eigenvalue weighted by molar-refractivity contribution is 0.0729. The van der Waals surface area contributed by atoms with Crippen LogP contribution in [0.2, 0.25) is 5.02 Å². The predicted octanol–water partition coefficient (Wildman–Crippen LogP) is 6.49. The fourth-order valence-corrected chi connectivity index (χ4v) is 4.31. The number of hydrazone groups is 1. The summed E-state index contributed by atoms with van der Waals surface area (Å²) >= 11 is 5.89. The number of amides is 1. The molecule has 40 heavy (non-hydrogen) atoms. The Kier molecular flexibility index (Phi) is 7.80. The van der Waals surface area contributed by atoms with Gasteiger partial charge in [0.2, 0.25) is 0 Å². The third-order valence-corrected chi connectivity index (χ3v) is 6.40. The van der Waals surface area contributed by atoms with Crippen molar-refractivity contribution < 1.29 is 23.8 Å². The van der Waals surface area contributed by atoms with Gasteiger partial charge in [-0.05, 0) is 71.8 Å². The first kappa shape index (κ1) is 26.5. The molecule has 8 nitrogen and oxygen atoms in total. The van der Waals surface area contributed by atoms with Crippen molar-refractivity contribution in [3.05, 3.63) is 113 Å². The van der Waals surface area contributed by atoms with Gasteiger partial charge in [-0.3, -0.25) is 4.79 Å². The zero-order valence-corrected chi connectivity index (χ0v) is 22.4. The van der Waals surface area contributed by atoms with Crippen LogP contribution in [0.5, 0.6) is 17.2 Å². The molecule has 5 aromatic rings. The summed E-state index contributed by atoms with van der Waals surface area (Å²) in [4.78, 5) is 28.9. The quantitative estimate of drug-likeness (QED) is 0.0989. The Labute approximate surface area is 235 Å². The molecule has 4 aromatic carbocycles. The Balaban J connectivity index is 1.35.